The molecule has 0 aliphatic heterocycles. The summed E-state index contributed by atoms with van der Waals surface area (Å²) >= 11 is 0. The van der Waals surface area contributed by atoms with E-state index in [2.05, 4.69) is 4.90 Å². The Kier molecular flexibility index (Phi) is 4.98. The number of nitrogens with zero attached hydrogens (tertiary/aromatic N) is 1. The van der Waals surface area contributed by atoms with Gasteiger partial charge in [-0.25, -0.2) is 0 Å². The number of likely N-dealkylation sites (N-methyl/N-ethyl adjacent to an activating group) is 1. The number of hydrogen-bond donors (Lipinski definition) is 0. The molecule has 0 aliphatic rings. The molecule has 0 radical (unpaired) electrons. The van der Waals surface area contributed by atoms with Gasteiger partial charge in [0.2, 0.25) is 0 Å². The maximum Gasteiger partial charge on any atom is 0.161 e. The van der Waals surface area contributed by atoms with Crippen molar-refractivity contribution in [2.24, 2.45) is 0 Å². The fourth-order valence-electron chi connectivity index (χ4n) is 1.18. The molecular formula is C12H19NO2. The van der Waals surface area contributed by atoms with Crippen LogP contribution in [-0.2, 0) is 0 Å². The molecule has 1 aromatic carbocycles. The van der Waals surface area contributed by atoms with Gasteiger partial charge in [0.1, 0.15) is 6.61 Å². The Morgan fingerprint density at radius 1 is 1.07 bits per heavy atom. The lowest BCUT2D eigenvalue weighted by molar-refractivity contribution is 0.244. The van der Waals surface area contributed by atoms with Crippen molar-refractivity contribution < 1.29 is 9.47 Å². The highest BCUT2D eigenvalue weighted by atomic mass is 16.5. The summed E-state index contributed by atoms with van der Waals surface area (Å²) in [6.45, 7) is 4.21. The fourth-order valence-corrected chi connectivity index (χ4v) is 1.18. The quantitative estimate of drug-likeness (QED) is 0.715. The molecule has 3 heteroatoms. The zero-order valence-electron chi connectivity index (χ0n) is 9.69. The Morgan fingerprint density at radius 2 is 1.67 bits per heavy atom. The number of para-hydroxylation sites is 2. The Balaban J connectivity index is 2.51. The molecule has 3 nitrogen and oxygen atoms in total. The Labute approximate surface area is 91.6 Å². The van der Waals surface area contributed by atoms with E-state index in [1.54, 1.807) is 0 Å². The Hall–Kier alpha value is -1.22. The van der Waals surface area contributed by atoms with E-state index in [0.29, 0.717) is 13.2 Å². The van der Waals surface area contributed by atoms with E-state index in [9.17, 15) is 0 Å². The summed E-state index contributed by atoms with van der Waals surface area (Å²) in [5.74, 6) is 1.64. The lowest BCUT2D eigenvalue weighted by Gasteiger charge is -2.13. The van der Waals surface area contributed by atoms with Gasteiger partial charge in [0.05, 0.1) is 6.61 Å². The van der Waals surface area contributed by atoms with Gasteiger partial charge in [0, 0.05) is 6.54 Å². The normalized spacial score (nSPS) is 10.4. The first-order valence-corrected chi connectivity index (χ1v) is 5.23. The van der Waals surface area contributed by atoms with Gasteiger partial charge in [0.15, 0.2) is 11.5 Å². The minimum atomic E-state index is 0.661. The van der Waals surface area contributed by atoms with Gasteiger partial charge in [-0.2, -0.15) is 0 Å². The summed E-state index contributed by atoms with van der Waals surface area (Å²) in [5, 5.41) is 0. The van der Waals surface area contributed by atoms with Crippen LogP contribution in [0.2, 0.25) is 0 Å². The van der Waals surface area contributed by atoms with Crippen LogP contribution in [0.25, 0.3) is 0 Å². The van der Waals surface area contributed by atoms with Crippen LogP contribution < -0.4 is 9.47 Å². The van der Waals surface area contributed by atoms with E-state index in [1.807, 2.05) is 45.3 Å². The Morgan fingerprint density at radius 3 is 2.20 bits per heavy atom. The second-order valence-corrected chi connectivity index (χ2v) is 3.53. The van der Waals surface area contributed by atoms with Crippen LogP contribution in [0.5, 0.6) is 11.5 Å². The standard InChI is InChI=1S/C12H19NO2/c1-4-14-11-7-5-6-8-12(11)15-10-9-13(2)3/h5-8H,4,9-10H2,1-3H3. The van der Waals surface area contributed by atoms with E-state index in [0.717, 1.165) is 18.0 Å². The van der Waals surface area contributed by atoms with Crippen LogP contribution in [0.4, 0.5) is 0 Å². The molecule has 0 bridgehead atoms. The summed E-state index contributed by atoms with van der Waals surface area (Å²) in [7, 11) is 4.05. The third kappa shape index (κ3) is 4.21. The summed E-state index contributed by atoms with van der Waals surface area (Å²) in [5.41, 5.74) is 0. The largest absolute Gasteiger partial charge is 0.490 e. The Bertz CT molecular complexity index is 287. The molecule has 0 unspecified atom stereocenters. The minimum absolute atomic E-state index is 0.661. The smallest absolute Gasteiger partial charge is 0.161 e. The van der Waals surface area contributed by atoms with E-state index in [-0.39, 0.29) is 0 Å². The van der Waals surface area contributed by atoms with Crippen LogP contribution in [-0.4, -0.2) is 38.8 Å². The molecule has 0 fully saturated rings. The second kappa shape index (κ2) is 6.30. The third-order valence-electron chi connectivity index (χ3n) is 1.95. The molecule has 0 aliphatic carbocycles. The van der Waals surface area contributed by atoms with Crippen LogP contribution >= 0.6 is 0 Å². The molecular weight excluding hydrogens is 190 g/mol. The van der Waals surface area contributed by atoms with Gasteiger partial charge in [-0.05, 0) is 33.2 Å². The molecule has 0 saturated heterocycles. The maximum atomic E-state index is 5.63. The highest BCUT2D eigenvalue weighted by Gasteiger charge is 2.02. The molecule has 0 N–H and O–H groups in total. The molecule has 1 rings (SSSR count). The molecule has 15 heavy (non-hydrogen) atoms. The topological polar surface area (TPSA) is 21.7 Å². The minimum Gasteiger partial charge on any atom is -0.490 e. The highest BCUT2D eigenvalue weighted by Crippen LogP contribution is 2.26. The molecule has 0 aromatic heterocycles. The zero-order chi connectivity index (χ0) is 11.1. The van der Waals surface area contributed by atoms with Crippen molar-refractivity contribution in [3.05, 3.63) is 24.3 Å². The first-order chi connectivity index (χ1) is 7.24. The van der Waals surface area contributed by atoms with Crippen molar-refractivity contribution in [1.82, 2.24) is 4.90 Å². The summed E-state index contributed by atoms with van der Waals surface area (Å²) < 4.78 is 11.1. The van der Waals surface area contributed by atoms with Crippen molar-refractivity contribution in [2.45, 2.75) is 6.92 Å². The SMILES string of the molecule is CCOc1ccccc1OCCN(C)C. The first-order valence-electron chi connectivity index (χ1n) is 5.23. The predicted octanol–water partition coefficient (Wildman–Crippen LogP) is 2.03. The van der Waals surface area contributed by atoms with Gasteiger partial charge in [-0.3, -0.25) is 0 Å². The summed E-state index contributed by atoms with van der Waals surface area (Å²) in [4.78, 5) is 2.09. The molecule has 84 valence electrons. The third-order valence-corrected chi connectivity index (χ3v) is 1.95. The van der Waals surface area contributed by atoms with Gasteiger partial charge >= 0.3 is 0 Å². The number of rotatable bonds is 6. The van der Waals surface area contributed by atoms with Gasteiger partial charge in [0.25, 0.3) is 0 Å². The average Bonchev–Trinajstić information content (AvgIpc) is 2.20. The van der Waals surface area contributed by atoms with Crippen LogP contribution in [0.3, 0.4) is 0 Å². The number of hydrogen-bond acceptors (Lipinski definition) is 3. The number of benzene rings is 1. The summed E-state index contributed by atoms with van der Waals surface area (Å²) in [6.07, 6.45) is 0. The van der Waals surface area contributed by atoms with E-state index >= 15 is 0 Å². The van der Waals surface area contributed by atoms with Crippen molar-refractivity contribution in [1.29, 1.82) is 0 Å². The number of ether oxygens (including phenoxy) is 2. The van der Waals surface area contributed by atoms with Gasteiger partial charge in [-0.15, -0.1) is 0 Å². The van der Waals surface area contributed by atoms with Crippen molar-refractivity contribution in [3.63, 3.8) is 0 Å². The lowest BCUT2D eigenvalue weighted by Crippen LogP contribution is -2.19. The maximum absolute atomic E-state index is 5.63. The van der Waals surface area contributed by atoms with Crippen molar-refractivity contribution in [2.75, 3.05) is 33.9 Å². The molecule has 0 heterocycles. The highest BCUT2D eigenvalue weighted by molar-refractivity contribution is 5.39. The monoisotopic (exact) mass is 209 g/mol. The van der Waals surface area contributed by atoms with E-state index in [1.165, 1.54) is 0 Å². The van der Waals surface area contributed by atoms with Crippen molar-refractivity contribution in [3.8, 4) is 11.5 Å². The van der Waals surface area contributed by atoms with Crippen LogP contribution in [0.15, 0.2) is 24.3 Å². The lowest BCUT2D eigenvalue weighted by atomic mass is 10.3. The zero-order valence-corrected chi connectivity index (χ0v) is 9.69. The fraction of sp³-hybridized carbons (Fsp3) is 0.500. The van der Waals surface area contributed by atoms with Crippen molar-refractivity contribution >= 4 is 0 Å². The average molecular weight is 209 g/mol. The first kappa shape index (κ1) is 11.9. The van der Waals surface area contributed by atoms with Gasteiger partial charge in [-0.1, -0.05) is 12.1 Å². The predicted molar refractivity (Wildman–Crippen MR) is 61.7 cm³/mol. The van der Waals surface area contributed by atoms with E-state index in [4.69, 9.17) is 9.47 Å². The summed E-state index contributed by atoms with van der Waals surface area (Å²) in [6, 6.07) is 7.76. The molecule has 0 spiro atoms. The van der Waals surface area contributed by atoms with E-state index < -0.39 is 0 Å². The van der Waals surface area contributed by atoms with Gasteiger partial charge < -0.3 is 14.4 Å². The molecule has 0 saturated carbocycles. The molecule has 1 aromatic rings. The molecule has 0 atom stereocenters. The van der Waals surface area contributed by atoms with Crippen LogP contribution in [0.1, 0.15) is 6.92 Å². The second-order valence-electron chi connectivity index (χ2n) is 3.53. The molecule has 0 amide bonds. The van der Waals surface area contributed by atoms with Crippen LogP contribution in [0, 0.1) is 0 Å².